The van der Waals surface area contributed by atoms with Gasteiger partial charge in [-0.2, -0.15) is 18.2 Å². The largest absolute Gasteiger partial charge is 0.433 e. The Hall–Kier alpha value is -1.57. The van der Waals surface area contributed by atoms with Gasteiger partial charge in [-0.25, -0.2) is 4.98 Å². The molecule has 0 radical (unpaired) electrons. The van der Waals surface area contributed by atoms with Crippen molar-refractivity contribution in [3.05, 3.63) is 11.8 Å². The molecule has 1 fully saturated rings. The smallest absolute Gasteiger partial charge is 0.368 e. The number of nitrogen functional groups attached to an aromatic ring is 1. The maximum atomic E-state index is 12.7. The average Bonchev–Trinajstić information content (AvgIpc) is 2.40. The first-order chi connectivity index (χ1) is 9.88. The van der Waals surface area contributed by atoms with Crippen LogP contribution >= 0.6 is 0 Å². The maximum Gasteiger partial charge on any atom is 0.433 e. The first-order valence-electron chi connectivity index (χ1n) is 7.09. The van der Waals surface area contributed by atoms with Crippen LogP contribution in [0, 0.1) is 0 Å². The Balaban J connectivity index is 1.99. The van der Waals surface area contributed by atoms with Crippen molar-refractivity contribution in [2.75, 3.05) is 30.7 Å². The fourth-order valence-corrected chi connectivity index (χ4v) is 2.51. The molecular formula is C13H20F3N5. The lowest BCUT2D eigenvalue weighted by atomic mass is 10.0. The van der Waals surface area contributed by atoms with E-state index in [0.29, 0.717) is 0 Å². The number of likely N-dealkylation sites (tertiary alicyclic amines) is 1. The molecule has 21 heavy (non-hydrogen) atoms. The second-order valence-electron chi connectivity index (χ2n) is 5.25. The number of nitrogens with zero attached hydrogens (tertiary/aromatic N) is 3. The van der Waals surface area contributed by atoms with Gasteiger partial charge in [-0.05, 0) is 25.8 Å². The molecule has 0 bridgehead atoms. The Morgan fingerprint density at radius 1 is 1.33 bits per heavy atom. The van der Waals surface area contributed by atoms with Gasteiger partial charge in [0.2, 0.25) is 5.95 Å². The van der Waals surface area contributed by atoms with E-state index in [4.69, 9.17) is 5.73 Å². The highest BCUT2D eigenvalue weighted by molar-refractivity contribution is 5.42. The zero-order valence-corrected chi connectivity index (χ0v) is 12.0. The summed E-state index contributed by atoms with van der Waals surface area (Å²) in [5, 5.41) is 3.04. The van der Waals surface area contributed by atoms with Crippen LogP contribution in [0.25, 0.3) is 0 Å². The number of piperidine rings is 1. The minimum Gasteiger partial charge on any atom is -0.368 e. The number of hydrogen-bond acceptors (Lipinski definition) is 5. The zero-order chi connectivity index (χ0) is 15.5. The van der Waals surface area contributed by atoms with E-state index in [-0.39, 0.29) is 17.8 Å². The van der Waals surface area contributed by atoms with Gasteiger partial charge in [0.05, 0.1) is 0 Å². The fraction of sp³-hybridized carbons (Fsp3) is 0.692. The summed E-state index contributed by atoms with van der Waals surface area (Å²) in [5.41, 5.74) is 4.34. The lowest BCUT2D eigenvalue weighted by Crippen LogP contribution is -2.39. The molecule has 0 aromatic carbocycles. The molecule has 1 aliphatic heterocycles. The van der Waals surface area contributed by atoms with E-state index in [1.54, 1.807) is 0 Å². The van der Waals surface area contributed by atoms with Crippen LogP contribution in [0.5, 0.6) is 0 Å². The topological polar surface area (TPSA) is 67.1 Å². The monoisotopic (exact) mass is 303 g/mol. The van der Waals surface area contributed by atoms with Crippen molar-refractivity contribution in [1.82, 2.24) is 14.9 Å². The SMILES string of the molecule is CCCN1CCC(Nc2cc(C(F)(F)F)nc(N)n2)CC1. The number of rotatable bonds is 4. The molecule has 0 aliphatic carbocycles. The summed E-state index contributed by atoms with van der Waals surface area (Å²) in [7, 11) is 0. The van der Waals surface area contributed by atoms with E-state index in [0.717, 1.165) is 45.0 Å². The summed E-state index contributed by atoms with van der Waals surface area (Å²) in [6.45, 7) is 5.08. The van der Waals surface area contributed by atoms with Gasteiger partial charge in [-0.1, -0.05) is 6.92 Å². The van der Waals surface area contributed by atoms with E-state index in [1.165, 1.54) is 0 Å². The van der Waals surface area contributed by atoms with Crippen molar-refractivity contribution in [1.29, 1.82) is 0 Å². The average molecular weight is 303 g/mol. The molecule has 1 saturated heterocycles. The molecule has 0 spiro atoms. The van der Waals surface area contributed by atoms with Crippen LogP contribution in [0.1, 0.15) is 31.9 Å². The Morgan fingerprint density at radius 2 is 2.00 bits per heavy atom. The molecule has 2 heterocycles. The second kappa shape index (κ2) is 6.46. The second-order valence-corrected chi connectivity index (χ2v) is 5.25. The molecule has 118 valence electrons. The number of hydrogen-bond donors (Lipinski definition) is 2. The third-order valence-electron chi connectivity index (χ3n) is 3.51. The van der Waals surface area contributed by atoms with Crippen LogP contribution in [0.3, 0.4) is 0 Å². The lowest BCUT2D eigenvalue weighted by Gasteiger charge is -2.32. The third-order valence-corrected chi connectivity index (χ3v) is 3.51. The normalized spacial score (nSPS) is 17.9. The summed E-state index contributed by atoms with van der Waals surface area (Å²) in [6.07, 6.45) is -1.65. The van der Waals surface area contributed by atoms with Crippen LogP contribution in [0.2, 0.25) is 0 Å². The van der Waals surface area contributed by atoms with Crippen molar-refractivity contribution in [2.24, 2.45) is 0 Å². The van der Waals surface area contributed by atoms with Gasteiger partial charge in [0.15, 0.2) is 5.69 Å². The molecular weight excluding hydrogens is 283 g/mol. The standard InChI is InChI=1S/C13H20F3N5/c1-2-5-21-6-3-9(4-7-21)18-11-8-10(13(14,15)16)19-12(17)20-11/h8-9H,2-7H2,1H3,(H3,17,18,19,20). The summed E-state index contributed by atoms with van der Waals surface area (Å²) in [4.78, 5) is 9.42. The Bertz CT molecular complexity index is 469. The van der Waals surface area contributed by atoms with Crippen LogP contribution in [0.15, 0.2) is 6.07 Å². The summed E-state index contributed by atoms with van der Waals surface area (Å²) in [6, 6.07) is 1.03. The molecule has 0 amide bonds. The fourth-order valence-electron chi connectivity index (χ4n) is 2.51. The zero-order valence-electron chi connectivity index (χ0n) is 12.0. The molecule has 1 aromatic heterocycles. The summed E-state index contributed by atoms with van der Waals surface area (Å²) in [5.74, 6) is -0.223. The van der Waals surface area contributed by atoms with Crippen LogP contribution in [-0.2, 0) is 6.18 Å². The molecule has 8 heteroatoms. The van der Waals surface area contributed by atoms with Crippen LogP contribution in [0.4, 0.5) is 24.9 Å². The number of nitrogens with two attached hydrogens (primary N) is 1. The lowest BCUT2D eigenvalue weighted by molar-refractivity contribution is -0.141. The highest BCUT2D eigenvalue weighted by atomic mass is 19.4. The molecule has 5 nitrogen and oxygen atoms in total. The van der Waals surface area contributed by atoms with Crippen molar-refractivity contribution < 1.29 is 13.2 Å². The molecule has 0 unspecified atom stereocenters. The van der Waals surface area contributed by atoms with Crippen LogP contribution in [-0.4, -0.2) is 40.5 Å². The number of nitrogens with one attached hydrogen (secondary N) is 1. The molecule has 3 N–H and O–H groups in total. The van der Waals surface area contributed by atoms with Crippen molar-refractivity contribution >= 4 is 11.8 Å². The number of anilines is 2. The molecule has 2 rings (SSSR count). The Labute approximate surface area is 121 Å². The van der Waals surface area contributed by atoms with Gasteiger partial charge < -0.3 is 16.0 Å². The van der Waals surface area contributed by atoms with E-state index in [2.05, 4.69) is 27.1 Å². The maximum absolute atomic E-state index is 12.7. The van der Waals surface area contributed by atoms with Crippen LogP contribution < -0.4 is 11.1 Å². The molecule has 0 saturated carbocycles. The van der Waals surface area contributed by atoms with E-state index < -0.39 is 11.9 Å². The number of alkyl halides is 3. The Kier molecular flexibility index (Phi) is 4.87. The van der Waals surface area contributed by atoms with Gasteiger partial charge in [0.1, 0.15) is 5.82 Å². The first-order valence-corrected chi connectivity index (χ1v) is 7.09. The number of halogens is 3. The van der Waals surface area contributed by atoms with Crippen molar-refractivity contribution in [3.8, 4) is 0 Å². The quantitative estimate of drug-likeness (QED) is 0.894. The molecule has 0 atom stereocenters. The predicted octanol–water partition coefficient (Wildman–Crippen LogP) is 2.36. The van der Waals surface area contributed by atoms with E-state index in [1.807, 2.05) is 0 Å². The summed E-state index contributed by atoms with van der Waals surface area (Å²) < 4.78 is 38.0. The number of aromatic nitrogens is 2. The van der Waals surface area contributed by atoms with Crippen molar-refractivity contribution in [2.45, 2.75) is 38.4 Å². The van der Waals surface area contributed by atoms with Gasteiger partial charge in [0, 0.05) is 25.2 Å². The van der Waals surface area contributed by atoms with Gasteiger partial charge in [0.25, 0.3) is 0 Å². The molecule has 1 aromatic rings. The van der Waals surface area contributed by atoms with E-state index in [9.17, 15) is 13.2 Å². The predicted molar refractivity (Wildman–Crippen MR) is 74.8 cm³/mol. The summed E-state index contributed by atoms with van der Waals surface area (Å²) >= 11 is 0. The first kappa shape index (κ1) is 15.8. The highest BCUT2D eigenvalue weighted by Crippen LogP contribution is 2.29. The third kappa shape index (κ3) is 4.45. The molecule has 1 aliphatic rings. The van der Waals surface area contributed by atoms with Gasteiger partial charge >= 0.3 is 6.18 Å². The Morgan fingerprint density at radius 3 is 2.57 bits per heavy atom. The van der Waals surface area contributed by atoms with Gasteiger partial charge in [-0.3, -0.25) is 0 Å². The minimum absolute atomic E-state index is 0.119. The van der Waals surface area contributed by atoms with Crippen molar-refractivity contribution in [3.63, 3.8) is 0 Å². The minimum atomic E-state index is -4.52. The van der Waals surface area contributed by atoms with E-state index >= 15 is 0 Å². The van der Waals surface area contributed by atoms with Gasteiger partial charge in [-0.15, -0.1) is 0 Å². The highest BCUT2D eigenvalue weighted by Gasteiger charge is 2.33.